The molecular weight excluding hydrogens is 254 g/mol. The number of nitrogens with one attached hydrogen (secondary N) is 2. The summed E-state index contributed by atoms with van der Waals surface area (Å²) in [4.78, 5) is 22.7. The van der Waals surface area contributed by atoms with Gasteiger partial charge in [0.25, 0.3) is 0 Å². The molecule has 2 N–H and O–H groups in total. The highest BCUT2D eigenvalue weighted by molar-refractivity contribution is 5.85. The van der Waals surface area contributed by atoms with Gasteiger partial charge in [0.1, 0.15) is 6.04 Å². The normalized spacial score (nSPS) is 22.8. The second kappa shape index (κ2) is 5.75. The molecule has 0 aromatic carbocycles. The van der Waals surface area contributed by atoms with Crippen molar-refractivity contribution in [3.8, 4) is 0 Å². The third kappa shape index (κ3) is 2.90. The van der Waals surface area contributed by atoms with Crippen molar-refractivity contribution >= 4 is 11.9 Å². The Hall–Kier alpha value is -1.69. The molecule has 2 heterocycles. The quantitative estimate of drug-likeness (QED) is 0.816. The highest BCUT2D eigenvalue weighted by Gasteiger charge is 2.29. The van der Waals surface area contributed by atoms with Gasteiger partial charge in [-0.2, -0.15) is 0 Å². The van der Waals surface area contributed by atoms with Crippen molar-refractivity contribution in [2.75, 3.05) is 18.0 Å². The molecular formula is C14H21N5O. The van der Waals surface area contributed by atoms with E-state index in [0.717, 1.165) is 25.1 Å². The zero-order valence-electron chi connectivity index (χ0n) is 11.8. The second-order valence-corrected chi connectivity index (χ2v) is 5.45. The molecule has 2 fully saturated rings. The first-order chi connectivity index (χ1) is 9.78. The molecule has 2 aliphatic rings. The fourth-order valence-corrected chi connectivity index (χ4v) is 2.50. The van der Waals surface area contributed by atoms with Crippen LogP contribution in [0.2, 0.25) is 0 Å². The van der Waals surface area contributed by atoms with Crippen LogP contribution in [0.4, 0.5) is 5.95 Å². The monoisotopic (exact) mass is 275 g/mol. The summed E-state index contributed by atoms with van der Waals surface area (Å²) in [5, 5.41) is 6.33. The first kappa shape index (κ1) is 13.3. The van der Waals surface area contributed by atoms with E-state index < -0.39 is 0 Å². The summed E-state index contributed by atoms with van der Waals surface area (Å²) in [5.74, 6) is 0.726. The van der Waals surface area contributed by atoms with Gasteiger partial charge in [0.15, 0.2) is 0 Å². The summed E-state index contributed by atoms with van der Waals surface area (Å²) >= 11 is 0. The largest absolute Gasteiger partial charge is 0.353 e. The highest BCUT2D eigenvalue weighted by Crippen LogP contribution is 2.19. The van der Waals surface area contributed by atoms with E-state index in [2.05, 4.69) is 20.6 Å². The lowest BCUT2D eigenvalue weighted by molar-refractivity contribution is -0.123. The molecule has 1 atom stereocenters. The lowest BCUT2D eigenvalue weighted by atomic mass is 10.1. The van der Waals surface area contributed by atoms with Crippen LogP contribution in [0, 0.1) is 0 Å². The predicted molar refractivity (Wildman–Crippen MR) is 76.3 cm³/mol. The fourth-order valence-electron chi connectivity index (χ4n) is 2.50. The Bertz CT molecular complexity index is 471. The topological polar surface area (TPSA) is 70.2 Å². The van der Waals surface area contributed by atoms with Gasteiger partial charge in [-0.1, -0.05) is 6.92 Å². The maximum atomic E-state index is 11.8. The molecule has 1 aromatic heterocycles. The number of aromatic nitrogens is 2. The van der Waals surface area contributed by atoms with Gasteiger partial charge >= 0.3 is 0 Å². The average molecular weight is 275 g/mol. The Kier molecular flexibility index (Phi) is 3.82. The second-order valence-electron chi connectivity index (χ2n) is 5.45. The maximum Gasteiger partial charge on any atom is 0.242 e. The summed E-state index contributed by atoms with van der Waals surface area (Å²) in [6, 6.07) is 0.532. The lowest BCUT2D eigenvalue weighted by Crippen LogP contribution is -2.55. The number of hydrogen-bond acceptors (Lipinski definition) is 5. The molecule has 0 spiro atoms. The predicted octanol–water partition coefficient (Wildman–Crippen LogP) is 0.443. The van der Waals surface area contributed by atoms with Crippen molar-refractivity contribution < 1.29 is 4.79 Å². The molecule has 1 saturated carbocycles. The number of rotatable bonds is 5. The minimum Gasteiger partial charge on any atom is -0.353 e. The van der Waals surface area contributed by atoms with E-state index in [1.807, 2.05) is 24.2 Å². The Morgan fingerprint density at radius 1 is 1.40 bits per heavy atom. The Balaban J connectivity index is 1.67. The van der Waals surface area contributed by atoms with Gasteiger partial charge in [-0.3, -0.25) is 4.79 Å². The average Bonchev–Trinajstić information content (AvgIpc) is 3.30. The molecule has 0 bridgehead atoms. The summed E-state index contributed by atoms with van der Waals surface area (Å²) in [7, 11) is 0. The first-order valence-corrected chi connectivity index (χ1v) is 7.36. The van der Waals surface area contributed by atoms with Crippen molar-refractivity contribution in [2.24, 2.45) is 0 Å². The summed E-state index contributed by atoms with van der Waals surface area (Å²) in [6.07, 6.45) is 7.04. The zero-order chi connectivity index (χ0) is 13.9. The third-order valence-corrected chi connectivity index (χ3v) is 3.84. The zero-order valence-corrected chi connectivity index (χ0v) is 11.8. The van der Waals surface area contributed by atoms with Crippen molar-refractivity contribution in [3.63, 3.8) is 0 Å². The molecule has 6 heteroatoms. The van der Waals surface area contributed by atoms with E-state index in [9.17, 15) is 4.79 Å². The van der Waals surface area contributed by atoms with Gasteiger partial charge in [0.05, 0.1) is 0 Å². The molecule has 108 valence electrons. The van der Waals surface area contributed by atoms with Crippen molar-refractivity contribution in [3.05, 3.63) is 18.0 Å². The molecule has 1 aliphatic heterocycles. The molecule has 1 aliphatic carbocycles. The van der Waals surface area contributed by atoms with Gasteiger partial charge in [0.2, 0.25) is 11.9 Å². The Morgan fingerprint density at radius 3 is 2.80 bits per heavy atom. The van der Waals surface area contributed by atoms with Gasteiger partial charge < -0.3 is 15.5 Å². The highest BCUT2D eigenvalue weighted by atomic mass is 16.2. The van der Waals surface area contributed by atoms with Crippen LogP contribution < -0.4 is 15.5 Å². The van der Waals surface area contributed by atoms with Gasteiger partial charge in [-0.25, -0.2) is 9.97 Å². The first-order valence-electron chi connectivity index (χ1n) is 7.36. The molecule has 1 unspecified atom stereocenters. The number of carbonyl (C=O) groups is 1. The Morgan fingerprint density at radius 2 is 2.15 bits per heavy atom. The van der Waals surface area contributed by atoms with Gasteiger partial charge in [-0.15, -0.1) is 0 Å². The molecule has 0 radical (unpaired) electrons. The molecule has 3 rings (SSSR count). The molecule has 1 saturated heterocycles. The van der Waals surface area contributed by atoms with Crippen molar-refractivity contribution in [1.29, 1.82) is 0 Å². The van der Waals surface area contributed by atoms with E-state index >= 15 is 0 Å². The van der Waals surface area contributed by atoms with Gasteiger partial charge in [0, 0.05) is 43.6 Å². The molecule has 20 heavy (non-hydrogen) atoms. The maximum absolute atomic E-state index is 11.8. The minimum atomic E-state index is -0.154. The smallest absolute Gasteiger partial charge is 0.242 e. The summed E-state index contributed by atoms with van der Waals surface area (Å²) < 4.78 is 0. The van der Waals surface area contributed by atoms with Crippen molar-refractivity contribution in [2.45, 2.75) is 44.8 Å². The van der Waals surface area contributed by atoms with E-state index in [0.29, 0.717) is 18.5 Å². The number of carbonyl (C=O) groups excluding carboxylic acids is 1. The standard InChI is InChI=1S/C14H21N5O/c1-2-12-13(20)15-5-6-19(12)14-17-8-10(9-18-14)7-16-11-3-4-11/h8-9,11-12,16H,2-7H2,1H3,(H,15,20). The Labute approximate surface area is 119 Å². The van der Waals surface area contributed by atoms with Crippen LogP contribution >= 0.6 is 0 Å². The van der Waals surface area contributed by atoms with E-state index in [1.165, 1.54) is 12.8 Å². The SMILES string of the molecule is CCC1C(=O)NCCN1c1ncc(CNC2CC2)cn1. The van der Waals surface area contributed by atoms with Crippen LogP contribution in [-0.2, 0) is 11.3 Å². The van der Waals surface area contributed by atoms with Crippen LogP contribution in [0.5, 0.6) is 0 Å². The number of piperazine rings is 1. The summed E-state index contributed by atoms with van der Waals surface area (Å²) in [6.45, 7) is 4.26. The van der Waals surface area contributed by atoms with Crippen LogP contribution in [0.1, 0.15) is 31.7 Å². The molecule has 1 amide bonds. The number of anilines is 1. The van der Waals surface area contributed by atoms with Crippen LogP contribution in [-0.4, -0.2) is 41.0 Å². The number of nitrogens with zero attached hydrogens (tertiary/aromatic N) is 3. The lowest BCUT2D eigenvalue weighted by Gasteiger charge is -2.34. The molecule has 6 nitrogen and oxygen atoms in total. The van der Waals surface area contributed by atoms with E-state index in [4.69, 9.17) is 0 Å². The van der Waals surface area contributed by atoms with E-state index in [1.54, 1.807) is 0 Å². The number of amides is 1. The van der Waals surface area contributed by atoms with Crippen LogP contribution in [0.3, 0.4) is 0 Å². The third-order valence-electron chi connectivity index (χ3n) is 3.84. The van der Waals surface area contributed by atoms with Crippen molar-refractivity contribution in [1.82, 2.24) is 20.6 Å². The van der Waals surface area contributed by atoms with E-state index in [-0.39, 0.29) is 11.9 Å². The fraction of sp³-hybridized carbons (Fsp3) is 0.643. The van der Waals surface area contributed by atoms with Crippen LogP contribution in [0.15, 0.2) is 12.4 Å². The number of hydrogen-bond donors (Lipinski definition) is 2. The van der Waals surface area contributed by atoms with Crippen LogP contribution in [0.25, 0.3) is 0 Å². The minimum absolute atomic E-state index is 0.0711. The molecule has 1 aromatic rings. The summed E-state index contributed by atoms with van der Waals surface area (Å²) in [5.41, 5.74) is 1.09. The van der Waals surface area contributed by atoms with Gasteiger partial charge in [-0.05, 0) is 19.3 Å².